The zero-order valence-electron chi connectivity index (χ0n) is 10.8. The molecule has 0 aliphatic rings. The van der Waals surface area contributed by atoms with Crippen LogP contribution >= 0.6 is 11.6 Å². The molecule has 1 aromatic carbocycles. The zero-order chi connectivity index (χ0) is 14.9. The summed E-state index contributed by atoms with van der Waals surface area (Å²) in [5, 5.41) is 6.62. The molecule has 1 heterocycles. The van der Waals surface area contributed by atoms with Crippen LogP contribution in [0.1, 0.15) is 10.4 Å². The van der Waals surface area contributed by atoms with Gasteiger partial charge in [0.15, 0.2) is 9.84 Å². The van der Waals surface area contributed by atoms with Gasteiger partial charge in [-0.1, -0.05) is 11.6 Å². The number of halogens is 1. The van der Waals surface area contributed by atoms with E-state index in [4.69, 9.17) is 11.6 Å². The topological polar surface area (TPSA) is 81.1 Å². The molecule has 6 nitrogen and oxygen atoms in total. The molecule has 20 heavy (non-hydrogen) atoms. The molecule has 0 saturated carbocycles. The highest BCUT2D eigenvalue weighted by Gasteiger charge is 2.16. The van der Waals surface area contributed by atoms with Gasteiger partial charge in [-0.2, -0.15) is 5.10 Å². The highest BCUT2D eigenvalue weighted by molar-refractivity contribution is 7.90. The zero-order valence-corrected chi connectivity index (χ0v) is 12.4. The number of aromatic nitrogens is 2. The Labute approximate surface area is 121 Å². The molecule has 0 radical (unpaired) electrons. The van der Waals surface area contributed by atoms with E-state index in [0.717, 1.165) is 6.26 Å². The van der Waals surface area contributed by atoms with E-state index in [0.29, 0.717) is 5.69 Å². The maximum Gasteiger partial charge on any atom is 0.255 e. The minimum Gasteiger partial charge on any atom is -0.319 e. The number of amides is 1. The maximum atomic E-state index is 12.0. The van der Waals surface area contributed by atoms with Crippen molar-refractivity contribution in [3.05, 3.63) is 41.2 Å². The quantitative estimate of drug-likeness (QED) is 0.935. The van der Waals surface area contributed by atoms with Crippen LogP contribution in [0.2, 0.25) is 5.02 Å². The lowest BCUT2D eigenvalue weighted by Gasteiger charge is -2.06. The summed E-state index contributed by atoms with van der Waals surface area (Å²) in [6.07, 6.45) is 4.16. The van der Waals surface area contributed by atoms with Gasteiger partial charge < -0.3 is 5.32 Å². The molecule has 0 spiro atoms. The number of aryl methyl sites for hydroxylation is 1. The van der Waals surface area contributed by atoms with Crippen molar-refractivity contribution in [2.24, 2.45) is 7.05 Å². The van der Waals surface area contributed by atoms with Crippen LogP contribution in [0.4, 0.5) is 5.69 Å². The molecule has 0 fully saturated rings. The van der Waals surface area contributed by atoms with Crippen LogP contribution in [-0.2, 0) is 16.9 Å². The SMILES string of the molecule is Cn1cc(NC(=O)c2ccc(Cl)c(S(C)(=O)=O)c2)cn1. The van der Waals surface area contributed by atoms with Crippen molar-refractivity contribution in [3.8, 4) is 0 Å². The molecule has 0 aliphatic carbocycles. The molecule has 2 aromatic rings. The van der Waals surface area contributed by atoms with Gasteiger partial charge in [0.2, 0.25) is 0 Å². The van der Waals surface area contributed by atoms with Gasteiger partial charge in [0.05, 0.1) is 21.8 Å². The van der Waals surface area contributed by atoms with Crippen molar-refractivity contribution in [2.45, 2.75) is 4.90 Å². The number of benzene rings is 1. The number of anilines is 1. The number of hydrogen-bond acceptors (Lipinski definition) is 4. The van der Waals surface area contributed by atoms with E-state index in [1.165, 1.54) is 24.4 Å². The Kier molecular flexibility index (Phi) is 3.82. The molecule has 1 aromatic heterocycles. The van der Waals surface area contributed by atoms with E-state index < -0.39 is 15.7 Å². The van der Waals surface area contributed by atoms with Crippen LogP contribution in [0.3, 0.4) is 0 Å². The molecule has 0 atom stereocenters. The van der Waals surface area contributed by atoms with Gasteiger partial charge in [-0.25, -0.2) is 8.42 Å². The molecule has 1 amide bonds. The first kappa shape index (κ1) is 14.5. The van der Waals surface area contributed by atoms with Crippen LogP contribution in [-0.4, -0.2) is 30.4 Å². The van der Waals surface area contributed by atoms with Crippen LogP contribution < -0.4 is 5.32 Å². The fourth-order valence-corrected chi connectivity index (χ4v) is 2.92. The lowest BCUT2D eigenvalue weighted by molar-refractivity contribution is 0.102. The minimum absolute atomic E-state index is 0.0713. The number of sulfone groups is 1. The number of carbonyl (C=O) groups excluding carboxylic acids is 1. The van der Waals surface area contributed by atoms with Crippen molar-refractivity contribution in [1.82, 2.24) is 9.78 Å². The van der Waals surface area contributed by atoms with Crippen molar-refractivity contribution in [2.75, 3.05) is 11.6 Å². The second kappa shape index (κ2) is 5.26. The van der Waals surface area contributed by atoms with Crippen molar-refractivity contribution in [3.63, 3.8) is 0 Å². The average molecular weight is 314 g/mol. The van der Waals surface area contributed by atoms with E-state index in [1.807, 2.05) is 0 Å². The maximum absolute atomic E-state index is 12.0. The summed E-state index contributed by atoms with van der Waals surface area (Å²) in [6.45, 7) is 0. The summed E-state index contributed by atoms with van der Waals surface area (Å²) in [5.74, 6) is -0.431. The second-order valence-electron chi connectivity index (χ2n) is 4.27. The highest BCUT2D eigenvalue weighted by Crippen LogP contribution is 2.23. The molecular weight excluding hydrogens is 302 g/mol. The third kappa shape index (κ3) is 3.17. The van der Waals surface area contributed by atoms with Crippen molar-refractivity contribution >= 4 is 33.0 Å². The van der Waals surface area contributed by atoms with Gasteiger partial charge in [-0.15, -0.1) is 0 Å². The first-order valence-corrected chi connectivity index (χ1v) is 7.84. The molecule has 0 saturated heterocycles. The Hall–Kier alpha value is -1.86. The molecule has 2 rings (SSSR count). The van der Waals surface area contributed by atoms with E-state index in [9.17, 15) is 13.2 Å². The fourth-order valence-electron chi connectivity index (χ4n) is 1.62. The smallest absolute Gasteiger partial charge is 0.255 e. The van der Waals surface area contributed by atoms with E-state index in [-0.39, 0.29) is 15.5 Å². The van der Waals surface area contributed by atoms with Gasteiger partial charge in [-0.05, 0) is 18.2 Å². The summed E-state index contributed by atoms with van der Waals surface area (Å²) < 4.78 is 24.7. The summed E-state index contributed by atoms with van der Waals surface area (Å²) in [5.41, 5.74) is 0.729. The predicted octanol–water partition coefficient (Wildman–Crippen LogP) is 1.73. The first-order chi connectivity index (χ1) is 9.27. The molecule has 1 N–H and O–H groups in total. The fraction of sp³-hybridized carbons (Fsp3) is 0.167. The minimum atomic E-state index is -3.49. The molecule has 0 aliphatic heterocycles. The Bertz CT molecular complexity index is 768. The first-order valence-electron chi connectivity index (χ1n) is 5.57. The van der Waals surface area contributed by atoms with Crippen LogP contribution in [0, 0.1) is 0 Å². The summed E-state index contributed by atoms with van der Waals surface area (Å²) in [4.78, 5) is 12.0. The summed E-state index contributed by atoms with van der Waals surface area (Å²) >= 11 is 5.82. The van der Waals surface area contributed by atoms with E-state index in [2.05, 4.69) is 10.4 Å². The Morgan fingerprint density at radius 1 is 1.40 bits per heavy atom. The Balaban J connectivity index is 2.31. The standard InChI is InChI=1S/C12H12ClN3O3S/c1-16-7-9(6-14-16)15-12(17)8-3-4-10(13)11(5-8)20(2,18)19/h3-7H,1-2H3,(H,15,17). The van der Waals surface area contributed by atoms with E-state index >= 15 is 0 Å². The molecule has 0 unspecified atom stereocenters. The second-order valence-corrected chi connectivity index (χ2v) is 6.67. The molecular formula is C12H12ClN3O3S. The average Bonchev–Trinajstić information content (AvgIpc) is 2.73. The number of hydrogen-bond donors (Lipinski definition) is 1. The molecule has 106 valence electrons. The Morgan fingerprint density at radius 2 is 2.10 bits per heavy atom. The number of nitrogens with zero attached hydrogens (tertiary/aromatic N) is 2. The molecule has 8 heteroatoms. The summed E-state index contributed by atoms with van der Waals surface area (Å²) in [6, 6.07) is 4.10. The molecule has 0 bridgehead atoms. The highest BCUT2D eigenvalue weighted by atomic mass is 35.5. The largest absolute Gasteiger partial charge is 0.319 e. The monoisotopic (exact) mass is 313 g/mol. The van der Waals surface area contributed by atoms with Crippen LogP contribution in [0.15, 0.2) is 35.5 Å². The number of nitrogens with one attached hydrogen (secondary N) is 1. The van der Waals surface area contributed by atoms with Gasteiger partial charge in [0, 0.05) is 25.1 Å². The predicted molar refractivity (Wildman–Crippen MR) is 75.7 cm³/mol. The van der Waals surface area contributed by atoms with Crippen molar-refractivity contribution in [1.29, 1.82) is 0 Å². The van der Waals surface area contributed by atoms with Crippen LogP contribution in [0.25, 0.3) is 0 Å². The Morgan fingerprint density at radius 3 is 2.65 bits per heavy atom. The lowest BCUT2D eigenvalue weighted by Crippen LogP contribution is -2.12. The van der Waals surface area contributed by atoms with Gasteiger partial charge in [-0.3, -0.25) is 9.48 Å². The van der Waals surface area contributed by atoms with E-state index in [1.54, 1.807) is 17.9 Å². The van der Waals surface area contributed by atoms with Gasteiger partial charge >= 0.3 is 0 Å². The van der Waals surface area contributed by atoms with Crippen LogP contribution in [0.5, 0.6) is 0 Å². The number of carbonyl (C=O) groups is 1. The summed E-state index contributed by atoms with van der Waals surface area (Å²) in [7, 11) is -1.76. The van der Waals surface area contributed by atoms with Gasteiger partial charge in [0.25, 0.3) is 5.91 Å². The third-order valence-corrected chi connectivity index (χ3v) is 4.13. The van der Waals surface area contributed by atoms with Crippen molar-refractivity contribution < 1.29 is 13.2 Å². The van der Waals surface area contributed by atoms with Gasteiger partial charge in [0.1, 0.15) is 0 Å². The lowest BCUT2D eigenvalue weighted by atomic mass is 10.2. The normalized spacial score (nSPS) is 11.3. The number of rotatable bonds is 3. The third-order valence-electron chi connectivity index (χ3n) is 2.56.